The molecule has 9 aliphatic rings. The molecule has 0 aliphatic carbocycles. The normalized spacial score (nSPS) is 18.2. The van der Waals surface area contributed by atoms with Crippen molar-refractivity contribution < 1.29 is 94.5 Å². The number of phenolic OH excluding ortho intramolecular Hbond substituents is 2. The molecule has 0 spiro atoms. The maximum absolute atomic E-state index is 12.2. The van der Waals surface area contributed by atoms with Gasteiger partial charge in [-0.05, 0) is 103 Å². The minimum Gasteiger partial charge on any atom is -0.659 e. The minimum absolute atomic E-state index is 0. The van der Waals surface area contributed by atoms with E-state index in [2.05, 4.69) is 319 Å². The molecule has 139 heavy (non-hydrogen) atoms. The van der Waals surface area contributed by atoms with Crippen molar-refractivity contribution in [2.45, 2.75) is 212 Å². The largest absolute Gasteiger partial charge is 2.00 e. The van der Waals surface area contributed by atoms with Crippen molar-refractivity contribution in [3.63, 3.8) is 0 Å². The molecule has 0 amide bonds. The number of aromatic nitrogens is 12. The van der Waals surface area contributed by atoms with Gasteiger partial charge >= 0.3 is 63.2 Å². The van der Waals surface area contributed by atoms with E-state index in [9.17, 15) is 10.2 Å². The minimum atomic E-state index is -0.738. The van der Waals surface area contributed by atoms with Gasteiger partial charge in [0, 0.05) is 132 Å². The van der Waals surface area contributed by atoms with Crippen molar-refractivity contribution in [2.75, 3.05) is 23.9 Å². The monoisotopic (exact) mass is 2550 g/mol. The molecule has 9 aromatic heterocycles. The summed E-state index contributed by atoms with van der Waals surface area (Å²) in [6.07, 6.45) is 0. The fourth-order valence-electron chi connectivity index (χ4n) is 23.1. The number of phenols is 2. The average molecular weight is 2560 g/mol. The van der Waals surface area contributed by atoms with Crippen LogP contribution in [-0.4, -0.2) is 76.5 Å². The number of rotatable bonds is 2. The molecule has 0 radical (unpaired) electrons. The summed E-state index contributed by atoms with van der Waals surface area (Å²) in [6.45, 7) is 48.1. The van der Waals surface area contributed by atoms with Crippen molar-refractivity contribution in [2.24, 2.45) is 20.0 Å². The van der Waals surface area contributed by atoms with E-state index < -0.39 is 16.2 Å². The number of hydrogen-bond acceptors (Lipinski definition) is 12. The van der Waals surface area contributed by atoms with Crippen LogP contribution in [0.15, 0.2) is 238 Å². The molecule has 9 aliphatic heterocycles. The molecule has 24 heteroatoms. The summed E-state index contributed by atoms with van der Waals surface area (Å²) in [6, 6.07) is 75.2. The van der Waals surface area contributed by atoms with Crippen LogP contribution in [0.25, 0.3) is 66.5 Å². The SMILES string of the molecule is CC1(C)C2=Nc3c1ccc1c3N=C(c3ccc([n-]3)C(C)(C)c3ccc2[n-]3)C1(C)C.CC1(C)c2cccc(c2O)C(C)(C)c2nc3c4nc(n(-c5ccccc5)c4ccc3n2-c2ccccc2)C(C)(C)c2cccc1c2O.CC1(C)c2nc3c1ccc1c3nc(c3ccc([n-]3)c3ccc2[n-]3)C1(C)C.CN1C2=Nc3c(ccc4c3N=C(N(C)c3ccc([n-]3)C(C)(C)c3ccc1[n-]3)C4(C)C)C2(C)C.[Pt+2].[Pt+2].[Pt+2].[Pt]. The number of benzene rings is 8. The number of aromatic hydroxyl groups is 2. The second-order valence-corrected chi connectivity index (χ2v) is 43.9. The van der Waals surface area contributed by atoms with E-state index in [-0.39, 0.29) is 139 Å². The van der Waals surface area contributed by atoms with E-state index >= 15 is 0 Å². The van der Waals surface area contributed by atoms with Crippen LogP contribution < -0.4 is 39.7 Å². The number of fused-ring (bicyclic) bond motifs is 25. The van der Waals surface area contributed by atoms with E-state index in [1.807, 2.05) is 84.9 Å². The molecule has 8 aromatic carbocycles. The van der Waals surface area contributed by atoms with Crippen molar-refractivity contribution in [1.29, 1.82) is 0 Å². The summed E-state index contributed by atoms with van der Waals surface area (Å²) < 4.78 is 4.41. The maximum atomic E-state index is 12.2. The molecule has 0 fully saturated rings. The van der Waals surface area contributed by atoms with Gasteiger partial charge in [-0.2, -0.15) is 22.4 Å². The molecule has 0 atom stereocenters. The van der Waals surface area contributed by atoms with Gasteiger partial charge < -0.3 is 49.9 Å². The molecule has 32 bridgehead atoms. The Labute approximate surface area is 868 Å². The second-order valence-electron chi connectivity index (χ2n) is 43.9. The number of aliphatic imine (C=N–C) groups is 4. The van der Waals surface area contributed by atoms with Crippen LogP contribution in [0.5, 0.6) is 11.5 Å². The number of anilines is 2. The Bertz CT molecular complexity index is 7770. The fraction of sp³-hybridized carbons (Fsp3) is 0.304. The van der Waals surface area contributed by atoms with Crippen LogP contribution in [0.4, 0.5) is 34.4 Å². The first kappa shape index (κ1) is 96.2. The quantitative estimate of drug-likeness (QED) is 0.164. The average Bonchev–Trinajstić information content (AvgIpc) is 1.59. The molecule has 0 unspecified atom stereocenters. The number of imidazole rings is 2. The number of amidine groups is 2. The second kappa shape index (κ2) is 32.2. The van der Waals surface area contributed by atoms with Gasteiger partial charge in [-0.15, -0.1) is 22.4 Å². The van der Waals surface area contributed by atoms with Gasteiger partial charge in [0.2, 0.25) is 0 Å². The van der Waals surface area contributed by atoms with Crippen LogP contribution >= 0.6 is 0 Å². The molecule has 17 aromatic rings. The Balaban J connectivity index is 0.000000120. The van der Waals surface area contributed by atoms with E-state index in [0.717, 1.165) is 203 Å². The number of nitrogens with zero attached hydrogens (tertiary/aromatic N) is 18. The summed E-state index contributed by atoms with van der Waals surface area (Å²) in [4.78, 5) is 75.8. The first-order valence-corrected chi connectivity index (χ1v) is 47.0. The van der Waals surface area contributed by atoms with E-state index in [0.29, 0.717) is 0 Å². The van der Waals surface area contributed by atoms with Crippen LogP contribution in [0.3, 0.4) is 0 Å². The number of para-hydroxylation sites is 4. The first-order chi connectivity index (χ1) is 63.9. The third kappa shape index (κ3) is 13.6. The molecule has 2 N–H and O–H groups in total. The van der Waals surface area contributed by atoms with Gasteiger partial charge in [0.15, 0.2) is 0 Å². The van der Waals surface area contributed by atoms with Crippen LogP contribution in [0.1, 0.15) is 265 Å². The Morgan fingerprint density at radius 1 is 0.252 bits per heavy atom. The standard InChI is InChI=1S/C41H38N4O2.C27H30N6.C25H24N4.C22H18N4.4Pt/c1-39(2)27-19-13-21-29(35(27)46)40(3,4)37-42-33-31(44(37)25-15-9-7-10-16-25)23-24-32-34(33)43-38(45(32)26-17-11-8-12-18-26)41(5,6)30-22-14-20-28(39)36(30)47;1-25(2)15-9-10-16-22-21(15)30-23(25)32(7)19-13-11-17(28-19)27(5,6)18-12-14-20(29-18)33(8)24(31-22)26(16,3)4;1-23(2)13-7-8-14-20-19(13)28-21(23)15-9-11-17(26-15)25(5,6)18-12-10-16(27-18)22(29-20)24(14,3)4;1-21(2)11-5-6-12-18-17(11)25-19(21)15-9-7-13(23-15)14-8-10-16(24-14)20(26-18)22(12,3)4;;;;/h7-24,46-47H,1-6H3;9-14H,1-8H3;7-12H,1-6H3;5-10H,1-4H3;;;;/q;3*-2;;3*+2. The van der Waals surface area contributed by atoms with Gasteiger partial charge in [0.25, 0.3) is 0 Å². The van der Waals surface area contributed by atoms with Crippen LogP contribution in [-0.2, 0) is 144 Å². The van der Waals surface area contributed by atoms with Crippen molar-refractivity contribution in [1.82, 2.24) is 59.0 Å². The molecular formula is C115H110N18O2Pt4. The molecule has 20 nitrogen and oxygen atoms in total. The third-order valence-electron chi connectivity index (χ3n) is 31.6. The number of likely N-dealkylation sites (N-methyl/N-ethyl adjacent to an activating group) is 2. The Morgan fingerprint density at radius 2 is 0.568 bits per heavy atom. The molecule has 18 heterocycles. The van der Waals surface area contributed by atoms with Crippen molar-refractivity contribution >= 4 is 113 Å². The van der Waals surface area contributed by atoms with E-state index in [1.54, 1.807) is 0 Å². The smallest absolute Gasteiger partial charge is 0.659 e. The number of hydrogen-bond donors (Lipinski definition) is 2. The zero-order valence-electron chi connectivity index (χ0n) is 82.5. The molecule has 26 rings (SSSR count). The van der Waals surface area contributed by atoms with Gasteiger partial charge in [0.1, 0.15) is 34.2 Å². The Morgan fingerprint density at radius 3 is 0.935 bits per heavy atom. The van der Waals surface area contributed by atoms with Gasteiger partial charge in [0.05, 0.1) is 55.6 Å². The molecule has 0 saturated heterocycles. The van der Waals surface area contributed by atoms with E-state index in [4.69, 9.17) is 69.8 Å². The van der Waals surface area contributed by atoms with Crippen LogP contribution in [0, 0.1) is 0 Å². The predicted molar refractivity (Wildman–Crippen MR) is 543 cm³/mol. The fourth-order valence-corrected chi connectivity index (χ4v) is 23.1. The summed E-state index contributed by atoms with van der Waals surface area (Å²) in [5, 5.41) is 24.3. The van der Waals surface area contributed by atoms with Crippen molar-refractivity contribution in [3.8, 4) is 22.9 Å². The summed E-state index contributed by atoms with van der Waals surface area (Å²) in [7, 11) is 4.13. The Hall–Kier alpha value is -11.6. The van der Waals surface area contributed by atoms with E-state index in [1.165, 1.54) is 33.4 Å². The van der Waals surface area contributed by atoms with Gasteiger partial charge in [-0.25, -0.2) is 9.97 Å². The Kier molecular flexibility index (Phi) is 22.3. The molecule has 0 saturated carbocycles. The summed E-state index contributed by atoms with van der Waals surface area (Å²) in [5.41, 5.74) is 31.3. The molecular weight excluding hydrogens is 2450 g/mol. The third-order valence-corrected chi connectivity index (χ3v) is 31.6. The maximum Gasteiger partial charge on any atom is 2.00 e. The summed E-state index contributed by atoms with van der Waals surface area (Å²) >= 11 is 0. The first-order valence-electron chi connectivity index (χ1n) is 47.0. The van der Waals surface area contributed by atoms with Gasteiger partial charge in [-0.1, -0.05) is 344 Å². The van der Waals surface area contributed by atoms with Crippen LogP contribution in [0.2, 0.25) is 0 Å². The molecule has 712 valence electrons. The van der Waals surface area contributed by atoms with Gasteiger partial charge in [-0.3, -0.25) is 39.1 Å². The topological polar surface area (TPSA) is 242 Å². The van der Waals surface area contributed by atoms with Crippen molar-refractivity contribution in [3.05, 3.63) is 331 Å². The zero-order chi connectivity index (χ0) is 94.6. The zero-order valence-corrected chi connectivity index (χ0v) is 91.6. The predicted octanol–water partition coefficient (Wildman–Crippen LogP) is 23.5. The summed E-state index contributed by atoms with van der Waals surface area (Å²) in [5.74, 6) is 5.78.